The van der Waals surface area contributed by atoms with E-state index in [0.717, 1.165) is 22.5 Å². The molecule has 0 aliphatic heterocycles. The lowest BCUT2D eigenvalue weighted by atomic mass is 9.87. The summed E-state index contributed by atoms with van der Waals surface area (Å²) in [5, 5.41) is 6.49. The van der Waals surface area contributed by atoms with E-state index in [-0.39, 0.29) is 5.41 Å². The molecule has 2 nitrogen and oxygen atoms in total. The number of rotatable bonds is 3. The van der Waals surface area contributed by atoms with Gasteiger partial charge in [-0.1, -0.05) is 118 Å². The zero-order chi connectivity index (χ0) is 25.9. The molecule has 1 aromatic heterocycles. The van der Waals surface area contributed by atoms with E-state index in [9.17, 15) is 0 Å². The fraction of sp³-hybridized carbons (Fsp3) is 0.206. The molecule has 6 aromatic rings. The Morgan fingerprint density at radius 3 is 2.19 bits per heavy atom. The standard InChI is InChI=1S/C34H34N2Si/c1-34(2,3)26-15-19-31-32(22-26)36(27-16-14-23-10-7-8-11-24(23)20-27)33(35-31)30-13-9-12-25-21-28(37(4,5)6)17-18-29(25)30/h7-22H,1-6H3. The van der Waals surface area contributed by atoms with Crippen LogP contribution in [0.4, 0.5) is 0 Å². The second-order valence-corrected chi connectivity index (χ2v) is 17.3. The Balaban J connectivity index is 1.67. The van der Waals surface area contributed by atoms with Crippen LogP contribution in [0, 0.1) is 0 Å². The highest BCUT2D eigenvalue weighted by Crippen LogP contribution is 2.36. The minimum atomic E-state index is -1.41. The maximum atomic E-state index is 5.26. The van der Waals surface area contributed by atoms with Crippen molar-refractivity contribution in [2.45, 2.75) is 45.8 Å². The number of aromatic nitrogens is 2. The van der Waals surface area contributed by atoms with Crippen LogP contribution in [0.25, 0.3) is 49.7 Å². The SMILES string of the molecule is CC(C)(C)c1ccc2nc(-c3cccc4cc([Si](C)(C)C)ccc34)n(-c3ccc4ccccc4c3)c2c1. The van der Waals surface area contributed by atoms with Crippen LogP contribution in [0.5, 0.6) is 0 Å². The molecule has 0 fully saturated rings. The first kappa shape index (κ1) is 23.7. The summed E-state index contributed by atoms with van der Waals surface area (Å²) in [5.74, 6) is 0.989. The van der Waals surface area contributed by atoms with Crippen molar-refractivity contribution in [1.82, 2.24) is 9.55 Å². The van der Waals surface area contributed by atoms with Gasteiger partial charge in [0.05, 0.1) is 19.1 Å². The van der Waals surface area contributed by atoms with E-state index in [4.69, 9.17) is 4.98 Å². The van der Waals surface area contributed by atoms with Gasteiger partial charge in [-0.05, 0) is 56.8 Å². The van der Waals surface area contributed by atoms with Gasteiger partial charge in [-0.25, -0.2) is 4.98 Å². The Morgan fingerprint density at radius 1 is 0.676 bits per heavy atom. The van der Waals surface area contributed by atoms with Crippen molar-refractivity contribution in [3.63, 3.8) is 0 Å². The van der Waals surface area contributed by atoms with Crippen molar-refractivity contribution in [3.8, 4) is 17.1 Å². The zero-order valence-electron chi connectivity index (χ0n) is 22.6. The first-order valence-electron chi connectivity index (χ1n) is 13.2. The van der Waals surface area contributed by atoms with Crippen LogP contribution in [0.2, 0.25) is 19.6 Å². The topological polar surface area (TPSA) is 17.8 Å². The number of nitrogens with zero attached hydrogens (tertiary/aromatic N) is 2. The molecule has 0 bridgehead atoms. The first-order valence-corrected chi connectivity index (χ1v) is 16.7. The molecule has 3 heteroatoms. The number of hydrogen-bond donors (Lipinski definition) is 0. The smallest absolute Gasteiger partial charge is 0.146 e. The van der Waals surface area contributed by atoms with Gasteiger partial charge in [-0.2, -0.15) is 0 Å². The number of fused-ring (bicyclic) bond motifs is 3. The van der Waals surface area contributed by atoms with Crippen LogP contribution < -0.4 is 5.19 Å². The second-order valence-electron chi connectivity index (χ2n) is 12.2. The molecule has 0 saturated heterocycles. The highest BCUT2D eigenvalue weighted by Gasteiger charge is 2.21. The summed E-state index contributed by atoms with van der Waals surface area (Å²) in [5.41, 5.74) is 5.84. The van der Waals surface area contributed by atoms with Gasteiger partial charge in [0.15, 0.2) is 0 Å². The molecule has 0 atom stereocenters. The molecule has 0 aliphatic rings. The second kappa shape index (κ2) is 8.42. The maximum Gasteiger partial charge on any atom is 0.146 e. The van der Waals surface area contributed by atoms with Gasteiger partial charge in [0.25, 0.3) is 0 Å². The Hall–Kier alpha value is -3.69. The number of hydrogen-bond acceptors (Lipinski definition) is 1. The third kappa shape index (κ3) is 4.17. The van der Waals surface area contributed by atoms with E-state index in [1.807, 2.05) is 0 Å². The van der Waals surface area contributed by atoms with E-state index in [2.05, 4.69) is 142 Å². The van der Waals surface area contributed by atoms with E-state index in [0.29, 0.717) is 0 Å². The van der Waals surface area contributed by atoms with Crippen molar-refractivity contribution in [2.75, 3.05) is 0 Å². The van der Waals surface area contributed by atoms with Gasteiger partial charge < -0.3 is 0 Å². The lowest BCUT2D eigenvalue weighted by Gasteiger charge is -2.20. The molecule has 0 amide bonds. The average molecular weight is 499 g/mol. The molecule has 5 aromatic carbocycles. The molecule has 0 N–H and O–H groups in total. The molecule has 1 heterocycles. The molecule has 37 heavy (non-hydrogen) atoms. The van der Waals surface area contributed by atoms with E-state index in [1.165, 1.54) is 37.9 Å². The Bertz CT molecular complexity index is 1800. The van der Waals surface area contributed by atoms with Gasteiger partial charge in [0.1, 0.15) is 5.82 Å². The zero-order valence-corrected chi connectivity index (χ0v) is 23.6. The van der Waals surface area contributed by atoms with Crippen molar-refractivity contribution in [1.29, 1.82) is 0 Å². The third-order valence-corrected chi connectivity index (χ3v) is 9.54. The highest BCUT2D eigenvalue weighted by atomic mass is 28.3. The minimum Gasteiger partial charge on any atom is -0.292 e. The predicted molar refractivity (Wildman–Crippen MR) is 163 cm³/mol. The molecule has 6 rings (SSSR count). The van der Waals surface area contributed by atoms with E-state index < -0.39 is 8.07 Å². The maximum absolute atomic E-state index is 5.26. The Kier molecular flexibility index (Phi) is 5.39. The molecule has 184 valence electrons. The molecule has 0 spiro atoms. The van der Waals surface area contributed by atoms with E-state index >= 15 is 0 Å². The quantitative estimate of drug-likeness (QED) is 0.223. The van der Waals surface area contributed by atoms with Crippen molar-refractivity contribution in [2.24, 2.45) is 0 Å². The lowest BCUT2D eigenvalue weighted by molar-refractivity contribution is 0.591. The summed E-state index contributed by atoms with van der Waals surface area (Å²) in [6.07, 6.45) is 0. The monoisotopic (exact) mass is 498 g/mol. The summed E-state index contributed by atoms with van der Waals surface area (Å²) in [4.78, 5) is 5.26. The highest BCUT2D eigenvalue weighted by molar-refractivity contribution is 6.88. The first-order chi connectivity index (χ1) is 17.6. The molecule has 0 unspecified atom stereocenters. The minimum absolute atomic E-state index is 0.0551. The normalized spacial score (nSPS) is 12.6. The van der Waals surface area contributed by atoms with E-state index in [1.54, 1.807) is 0 Å². The van der Waals surface area contributed by atoms with Crippen LogP contribution in [0.15, 0.2) is 97.1 Å². The Morgan fingerprint density at radius 2 is 1.43 bits per heavy atom. The van der Waals surface area contributed by atoms with Crippen molar-refractivity contribution < 1.29 is 0 Å². The molecule has 0 radical (unpaired) electrons. The van der Waals surface area contributed by atoms with Crippen LogP contribution >= 0.6 is 0 Å². The summed E-state index contributed by atoms with van der Waals surface area (Å²) in [7, 11) is -1.41. The van der Waals surface area contributed by atoms with Crippen LogP contribution in [-0.4, -0.2) is 17.6 Å². The summed E-state index contributed by atoms with van der Waals surface area (Å²) in [6.45, 7) is 14.0. The fourth-order valence-corrected chi connectivity index (χ4v) is 6.42. The van der Waals surface area contributed by atoms with Crippen molar-refractivity contribution in [3.05, 3.63) is 103 Å². The Labute approximate surface area is 220 Å². The van der Waals surface area contributed by atoms with Crippen LogP contribution in [0.3, 0.4) is 0 Å². The van der Waals surface area contributed by atoms with Gasteiger partial charge in [0.2, 0.25) is 0 Å². The van der Waals surface area contributed by atoms with Crippen molar-refractivity contribution >= 4 is 45.8 Å². The van der Waals surface area contributed by atoms with Crippen LogP contribution in [0.1, 0.15) is 26.3 Å². The van der Waals surface area contributed by atoms with Gasteiger partial charge in [-0.3, -0.25) is 4.57 Å². The average Bonchev–Trinajstić information content (AvgIpc) is 3.25. The molecular weight excluding hydrogens is 464 g/mol. The summed E-state index contributed by atoms with van der Waals surface area (Å²) < 4.78 is 2.36. The van der Waals surface area contributed by atoms with Gasteiger partial charge in [-0.15, -0.1) is 0 Å². The molecular formula is C34H34N2Si. The molecule has 0 aliphatic carbocycles. The number of imidazole rings is 1. The largest absolute Gasteiger partial charge is 0.292 e. The summed E-state index contributed by atoms with van der Waals surface area (Å²) >= 11 is 0. The fourth-order valence-electron chi connectivity index (χ4n) is 5.24. The number of benzene rings is 5. The lowest BCUT2D eigenvalue weighted by Crippen LogP contribution is -2.37. The third-order valence-electron chi connectivity index (χ3n) is 7.50. The summed E-state index contributed by atoms with van der Waals surface area (Å²) in [6, 6.07) is 35.7. The van der Waals surface area contributed by atoms with Crippen LogP contribution in [-0.2, 0) is 5.41 Å². The predicted octanol–water partition coefficient (Wildman–Crippen LogP) is 8.84. The van der Waals surface area contributed by atoms with Gasteiger partial charge in [0, 0.05) is 11.3 Å². The van der Waals surface area contributed by atoms with Gasteiger partial charge >= 0.3 is 0 Å². The molecule has 0 saturated carbocycles.